The van der Waals surface area contributed by atoms with Crippen molar-refractivity contribution in [1.82, 2.24) is 5.32 Å². The van der Waals surface area contributed by atoms with Gasteiger partial charge in [-0.05, 0) is 54.8 Å². The van der Waals surface area contributed by atoms with Crippen LogP contribution < -0.4 is 10.1 Å². The lowest BCUT2D eigenvalue weighted by Crippen LogP contribution is -2.28. The summed E-state index contributed by atoms with van der Waals surface area (Å²) in [6.07, 6.45) is 3.46. The quantitative estimate of drug-likeness (QED) is 0.665. The topological polar surface area (TPSA) is 21.3 Å². The second-order valence-electron chi connectivity index (χ2n) is 6.56. The summed E-state index contributed by atoms with van der Waals surface area (Å²) in [5.41, 5.74) is 2.62. The minimum atomic E-state index is 0.516. The van der Waals surface area contributed by atoms with Gasteiger partial charge in [0.05, 0.1) is 0 Å². The van der Waals surface area contributed by atoms with Gasteiger partial charge in [0.2, 0.25) is 0 Å². The summed E-state index contributed by atoms with van der Waals surface area (Å²) in [6, 6.07) is 24.1. The summed E-state index contributed by atoms with van der Waals surface area (Å²) < 4.78 is 5.90. The molecular weight excluding hydrogens is 326 g/mol. The van der Waals surface area contributed by atoms with E-state index in [-0.39, 0.29) is 0 Å². The molecule has 1 fully saturated rings. The summed E-state index contributed by atoms with van der Waals surface area (Å²) in [7, 11) is 0. The smallest absolute Gasteiger partial charge is 0.119 e. The van der Waals surface area contributed by atoms with Crippen LogP contribution in [-0.2, 0) is 6.42 Å². The lowest BCUT2D eigenvalue weighted by atomic mass is 10.1. The Bertz CT molecular complexity index is 788. The molecule has 1 aromatic heterocycles. The van der Waals surface area contributed by atoms with Gasteiger partial charge < -0.3 is 10.1 Å². The van der Waals surface area contributed by atoms with Crippen molar-refractivity contribution < 1.29 is 4.74 Å². The minimum absolute atomic E-state index is 0.516. The van der Waals surface area contributed by atoms with Crippen LogP contribution in [0.3, 0.4) is 0 Å². The van der Waals surface area contributed by atoms with Gasteiger partial charge in [-0.1, -0.05) is 42.5 Å². The molecule has 0 spiro atoms. The largest absolute Gasteiger partial charge is 0.492 e. The Morgan fingerprint density at radius 2 is 1.80 bits per heavy atom. The van der Waals surface area contributed by atoms with Gasteiger partial charge in [0.15, 0.2) is 0 Å². The second kappa shape index (κ2) is 7.85. The number of benzene rings is 2. The fourth-order valence-corrected chi connectivity index (χ4v) is 4.28. The van der Waals surface area contributed by atoms with Crippen LogP contribution in [0.25, 0.3) is 10.4 Å². The van der Waals surface area contributed by atoms with Crippen LogP contribution in [0.15, 0.2) is 66.7 Å². The molecular formula is C22H23NOS. The van der Waals surface area contributed by atoms with E-state index in [0.29, 0.717) is 6.04 Å². The van der Waals surface area contributed by atoms with E-state index in [0.717, 1.165) is 25.3 Å². The van der Waals surface area contributed by atoms with Crippen molar-refractivity contribution >= 4 is 11.3 Å². The molecule has 2 aromatic carbocycles. The fourth-order valence-electron chi connectivity index (χ4n) is 3.23. The third-order valence-corrected chi connectivity index (χ3v) is 5.77. The number of thiophene rings is 1. The van der Waals surface area contributed by atoms with Crippen molar-refractivity contribution in [2.45, 2.75) is 25.3 Å². The zero-order valence-corrected chi connectivity index (χ0v) is 15.1. The van der Waals surface area contributed by atoms with Gasteiger partial charge in [0.25, 0.3) is 0 Å². The molecule has 0 amide bonds. The van der Waals surface area contributed by atoms with Crippen molar-refractivity contribution in [2.75, 3.05) is 13.2 Å². The van der Waals surface area contributed by atoms with Crippen LogP contribution in [0, 0.1) is 0 Å². The second-order valence-corrected chi connectivity index (χ2v) is 7.73. The summed E-state index contributed by atoms with van der Waals surface area (Å²) in [5.74, 6) is 0.966. The fraction of sp³-hybridized carbons (Fsp3) is 0.273. The Kier molecular flexibility index (Phi) is 5.14. The van der Waals surface area contributed by atoms with Crippen LogP contribution in [-0.4, -0.2) is 19.2 Å². The Morgan fingerprint density at radius 1 is 0.960 bits per heavy atom. The van der Waals surface area contributed by atoms with Gasteiger partial charge in [-0.2, -0.15) is 0 Å². The van der Waals surface area contributed by atoms with Crippen LogP contribution in [0.4, 0.5) is 0 Å². The van der Waals surface area contributed by atoms with E-state index < -0.39 is 0 Å². The zero-order valence-electron chi connectivity index (χ0n) is 14.3. The van der Waals surface area contributed by atoms with E-state index in [1.165, 1.54) is 33.7 Å². The molecule has 1 aliphatic rings. The van der Waals surface area contributed by atoms with Crippen LogP contribution in [0.2, 0.25) is 0 Å². The predicted molar refractivity (Wildman–Crippen MR) is 106 cm³/mol. The van der Waals surface area contributed by atoms with Gasteiger partial charge in [0.1, 0.15) is 12.4 Å². The summed E-state index contributed by atoms with van der Waals surface area (Å²) >= 11 is 1.87. The molecule has 4 rings (SSSR count). The number of rotatable bonds is 6. The van der Waals surface area contributed by atoms with Gasteiger partial charge in [-0.3, -0.25) is 0 Å². The first kappa shape index (κ1) is 16.4. The molecule has 2 heterocycles. The number of ether oxygens (including phenoxy) is 1. The molecule has 0 saturated carbocycles. The first-order valence-electron chi connectivity index (χ1n) is 8.96. The van der Waals surface area contributed by atoms with Gasteiger partial charge in [0, 0.05) is 22.2 Å². The standard InChI is InChI=1S/C22H23NOS/c1-2-5-18(6-3-1)22-13-12-21(25-22)15-17-8-10-20(11-9-17)24-16-19-7-4-14-23-19/h1-3,5-6,8-13,19,23H,4,7,14-16H2. The highest BCUT2D eigenvalue weighted by Crippen LogP contribution is 2.29. The Hall–Kier alpha value is -2.10. The maximum atomic E-state index is 5.90. The highest BCUT2D eigenvalue weighted by molar-refractivity contribution is 7.15. The molecule has 1 atom stereocenters. The predicted octanol–water partition coefficient (Wildman–Crippen LogP) is 5.14. The van der Waals surface area contributed by atoms with Crippen LogP contribution >= 0.6 is 11.3 Å². The highest BCUT2D eigenvalue weighted by atomic mass is 32.1. The van der Waals surface area contributed by atoms with Crippen molar-refractivity contribution in [2.24, 2.45) is 0 Å². The third-order valence-electron chi connectivity index (χ3n) is 4.64. The molecule has 3 heteroatoms. The molecule has 25 heavy (non-hydrogen) atoms. The zero-order chi connectivity index (χ0) is 16.9. The SMILES string of the molecule is c1ccc(-c2ccc(Cc3ccc(OCC4CCCN4)cc3)s2)cc1. The van der Waals surface area contributed by atoms with E-state index in [1.54, 1.807) is 0 Å². The van der Waals surface area contributed by atoms with E-state index >= 15 is 0 Å². The number of hydrogen-bond acceptors (Lipinski definition) is 3. The molecule has 1 N–H and O–H groups in total. The number of nitrogens with one attached hydrogen (secondary N) is 1. The lowest BCUT2D eigenvalue weighted by Gasteiger charge is -2.12. The van der Waals surface area contributed by atoms with E-state index in [2.05, 4.69) is 72.0 Å². The van der Waals surface area contributed by atoms with Gasteiger partial charge >= 0.3 is 0 Å². The van der Waals surface area contributed by atoms with Gasteiger partial charge in [-0.15, -0.1) is 11.3 Å². The van der Waals surface area contributed by atoms with E-state index in [1.807, 2.05) is 11.3 Å². The highest BCUT2D eigenvalue weighted by Gasteiger charge is 2.14. The first-order chi connectivity index (χ1) is 12.4. The molecule has 0 radical (unpaired) electrons. The monoisotopic (exact) mass is 349 g/mol. The summed E-state index contributed by atoms with van der Waals surface area (Å²) in [6.45, 7) is 1.89. The molecule has 2 nitrogen and oxygen atoms in total. The van der Waals surface area contributed by atoms with E-state index in [4.69, 9.17) is 4.74 Å². The molecule has 1 unspecified atom stereocenters. The summed E-state index contributed by atoms with van der Waals surface area (Å²) in [5, 5.41) is 3.46. The Balaban J connectivity index is 1.35. The average molecular weight is 349 g/mol. The van der Waals surface area contributed by atoms with Gasteiger partial charge in [-0.25, -0.2) is 0 Å². The first-order valence-corrected chi connectivity index (χ1v) is 9.78. The van der Waals surface area contributed by atoms with Crippen molar-refractivity contribution in [1.29, 1.82) is 0 Å². The lowest BCUT2D eigenvalue weighted by molar-refractivity contribution is 0.277. The Labute approximate surface area is 153 Å². The van der Waals surface area contributed by atoms with Crippen LogP contribution in [0.1, 0.15) is 23.3 Å². The summed E-state index contributed by atoms with van der Waals surface area (Å²) in [4.78, 5) is 2.72. The maximum absolute atomic E-state index is 5.90. The maximum Gasteiger partial charge on any atom is 0.119 e. The third kappa shape index (κ3) is 4.30. The molecule has 1 saturated heterocycles. The van der Waals surface area contributed by atoms with Crippen molar-refractivity contribution in [3.05, 3.63) is 77.2 Å². The Morgan fingerprint density at radius 3 is 2.56 bits per heavy atom. The average Bonchev–Trinajstić information content (AvgIpc) is 3.34. The van der Waals surface area contributed by atoms with Crippen molar-refractivity contribution in [3.63, 3.8) is 0 Å². The normalized spacial score (nSPS) is 16.9. The van der Waals surface area contributed by atoms with E-state index in [9.17, 15) is 0 Å². The van der Waals surface area contributed by atoms with Crippen molar-refractivity contribution in [3.8, 4) is 16.2 Å². The minimum Gasteiger partial charge on any atom is -0.492 e. The molecule has 1 aliphatic heterocycles. The number of hydrogen-bond donors (Lipinski definition) is 1. The molecule has 3 aromatic rings. The van der Waals surface area contributed by atoms with Crippen LogP contribution in [0.5, 0.6) is 5.75 Å². The molecule has 0 bridgehead atoms. The molecule has 128 valence electrons. The molecule has 0 aliphatic carbocycles.